The van der Waals surface area contributed by atoms with Crippen molar-refractivity contribution in [1.82, 2.24) is 34.5 Å². The van der Waals surface area contributed by atoms with Gasteiger partial charge < -0.3 is 20.7 Å². The molecule has 0 atom stereocenters. The van der Waals surface area contributed by atoms with Gasteiger partial charge in [0.05, 0.1) is 5.69 Å². The SMILES string of the molecule is CNC.CNc1nc(NC2CC(C)(C=O)C2)nn2ccc(-c3ccc4nccn4n3)c12. The third kappa shape index (κ3) is 3.93. The predicted octanol–water partition coefficient (Wildman–Crippen LogP) is 2.10. The minimum atomic E-state index is -0.230. The normalized spacial score (nSPS) is 20.1. The molecule has 10 nitrogen and oxygen atoms in total. The van der Waals surface area contributed by atoms with Gasteiger partial charge in [-0.3, -0.25) is 0 Å². The van der Waals surface area contributed by atoms with Crippen molar-refractivity contribution in [2.45, 2.75) is 25.8 Å². The van der Waals surface area contributed by atoms with Crippen LogP contribution in [0.25, 0.3) is 22.4 Å². The van der Waals surface area contributed by atoms with Crippen molar-refractivity contribution in [3.63, 3.8) is 0 Å². The smallest absolute Gasteiger partial charge is 0.243 e. The molecule has 5 rings (SSSR count). The number of carbonyl (C=O) groups is 1. The molecule has 1 aliphatic rings. The number of imidazole rings is 1. The van der Waals surface area contributed by atoms with Gasteiger partial charge in [-0.2, -0.15) is 10.1 Å². The maximum Gasteiger partial charge on any atom is 0.243 e. The average molecular weight is 422 g/mol. The largest absolute Gasteiger partial charge is 0.371 e. The number of rotatable bonds is 5. The zero-order chi connectivity index (χ0) is 22.0. The van der Waals surface area contributed by atoms with Crippen molar-refractivity contribution >= 4 is 29.2 Å². The summed E-state index contributed by atoms with van der Waals surface area (Å²) in [5.74, 6) is 1.25. The number of aldehydes is 1. The summed E-state index contributed by atoms with van der Waals surface area (Å²) in [4.78, 5) is 20.0. The first-order valence-corrected chi connectivity index (χ1v) is 10.2. The van der Waals surface area contributed by atoms with Crippen LogP contribution < -0.4 is 16.0 Å². The number of nitrogens with one attached hydrogen (secondary N) is 3. The third-order valence-electron chi connectivity index (χ3n) is 5.32. The molecule has 0 bridgehead atoms. The summed E-state index contributed by atoms with van der Waals surface area (Å²) in [5, 5.41) is 18.5. The summed E-state index contributed by atoms with van der Waals surface area (Å²) < 4.78 is 3.54. The molecule has 1 saturated carbocycles. The van der Waals surface area contributed by atoms with Crippen LogP contribution in [0.5, 0.6) is 0 Å². The Bertz CT molecular complexity index is 1210. The fraction of sp³-hybridized carbons (Fsp3) is 0.381. The fourth-order valence-electron chi connectivity index (χ4n) is 3.87. The Morgan fingerprint density at radius 1 is 1.10 bits per heavy atom. The lowest BCUT2D eigenvalue weighted by Crippen LogP contribution is -2.44. The Labute approximate surface area is 180 Å². The molecule has 0 aliphatic heterocycles. The van der Waals surface area contributed by atoms with E-state index in [1.165, 1.54) is 0 Å². The molecule has 0 amide bonds. The van der Waals surface area contributed by atoms with E-state index < -0.39 is 0 Å². The van der Waals surface area contributed by atoms with E-state index in [4.69, 9.17) is 0 Å². The molecule has 0 aromatic carbocycles. The van der Waals surface area contributed by atoms with E-state index in [9.17, 15) is 4.79 Å². The van der Waals surface area contributed by atoms with Crippen LogP contribution in [0.1, 0.15) is 19.8 Å². The van der Waals surface area contributed by atoms with Gasteiger partial charge >= 0.3 is 0 Å². The second kappa shape index (κ2) is 8.31. The summed E-state index contributed by atoms with van der Waals surface area (Å²) in [6.07, 6.45) is 8.06. The number of hydrogen-bond donors (Lipinski definition) is 3. The molecule has 31 heavy (non-hydrogen) atoms. The van der Waals surface area contributed by atoms with Gasteiger partial charge in [0.25, 0.3) is 0 Å². The highest BCUT2D eigenvalue weighted by molar-refractivity contribution is 5.87. The van der Waals surface area contributed by atoms with E-state index in [0.29, 0.717) is 11.8 Å². The number of anilines is 2. The van der Waals surface area contributed by atoms with Crippen LogP contribution in [0.2, 0.25) is 0 Å². The van der Waals surface area contributed by atoms with E-state index >= 15 is 0 Å². The zero-order valence-electron chi connectivity index (χ0n) is 18.1. The molecule has 0 unspecified atom stereocenters. The van der Waals surface area contributed by atoms with Gasteiger partial charge in [0.2, 0.25) is 5.95 Å². The van der Waals surface area contributed by atoms with Gasteiger partial charge in [0.15, 0.2) is 11.5 Å². The maximum absolute atomic E-state index is 11.1. The lowest BCUT2D eigenvalue weighted by molar-refractivity contribution is -0.119. The molecule has 4 aromatic heterocycles. The molecule has 1 aliphatic carbocycles. The first-order chi connectivity index (χ1) is 15.0. The van der Waals surface area contributed by atoms with E-state index in [0.717, 1.165) is 41.5 Å². The van der Waals surface area contributed by atoms with Gasteiger partial charge in [-0.15, -0.1) is 5.10 Å². The van der Waals surface area contributed by atoms with Gasteiger partial charge in [-0.1, -0.05) is 6.92 Å². The van der Waals surface area contributed by atoms with Gasteiger partial charge in [-0.05, 0) is 45.1 Å². The monoisotopic (exact) mass is 421 g/mol. The minimum absolute atomic E-state index is 0.206. The first kappa shape index (κ1) is 20.7. The molecule has 1 fully saturated rings. The fourth-order valence-corrected chi connectivity index (χ4v) is 3.87. The molecule has 0 spiro atoms. The lowest BCUT2D eigenvalue weighted by atomic mass is 9.68. The van der Waals surface area contributed by atoms with Crippen LogP contribution in [0.15, 0.2) is 36.8 Å². The van der Waals surface area contributed by atoms with Gasteiger partial charge in [0, 0.05) is 42.7 Å². The Morgan fingerprint density at radius 3 is 2.58 bits per heavy atom. The molecular formula is C21H27N9O. The van der Waals surface area contributed by atoms with Gasteiger partial charge in [0.1, 0.15) is 11.8 Å². The summed E-state index contributed by atoms with van der Waals surface area (Å²) in [7, 11) is 5.59. The Kier molecular flexibility index (Phi) is 5.55. The number of hydrogen-bond acceptors (Lipinski definition) is 8. The molecular weight excluding hydrogens is 394 g/mol. The van der Waals surface area contributed by atoms with Crippen molar-refractivity contribution in [3.8, 4) is 11.3 Å². The minimum Gasteiger partial charge on any atom is -0.371 e. The van der Waals surface area contributed by atoms with Crippen molar-refractivity contribution in [2.24, 2.45) is 5.41 Å². The average Bonchev–Trinajstić information content (AvgIpc) is 3.38. The Balaban J connectivity index is 0.000000730. The van der Waals surface area contributed by atoms with Crippen molar-refractivity contribution < 1.29 is 4.79 Å². The molecule has 3 N–H and O–H groups in total. The van der Waals surface area contributed by atoms with E-state index in [1.807, 2.05) is 58.7 Å². The molecule has 0 saturated heterocycles. The highest BCUT2D eigenvalue weighted by Crippen LogP contribution is 2.40. The van der Waals surface area contributed by atoms with Gasteiger partial charge in [-0.25, -0.2) is 14.0 Å². The van der Waals surface area contributed by atoms with Crippen LogP contribution in [0.4, 0.5) is 11.8 Å². The highest BCUT2D eigenvalue weighted by Gasteiger charge is 2.40. The van der Waals surface area contributed by atoms with Crippen LogP contribution in [0.3, 0.4) is 0 Å². The van der Waals surface area contributed by atoms with Crippen molar-refractivity contribution in [3.05, 3.63) is 36.8 Å². The standard InChI is InChI=1S/C19H20N8O.C2H7N/c1-19(11-28)9-12(10-19)22-18-23-17(20-2)16-13(5-7-27(16)25-18)14-3-4-15-21-6-8-26(15)24-14;1-3-2/h3-8,11-12H,9-10H2,1-2H3,(H2,20,22,23,25);3H,1-2H3. The molecule has 0 radical (unpaired) electrons. The topological polar surface area (TPSA) is 114 Å². The molecule has 4 heterocycles. The first-order valence-electron chi connectivity index (χ1n) is 10.2. The van der Waals surface area contributed by atoms with Crippen molar-refractivity contribution in [1.29, 1.82) is 0 Å². The second-order valence-corrected chi connectivity index (χ2v) is 8.03. The summed E-state index contributed by atoms with van der Waals surface area (Å²) in [5.41, 5.74) is 3.17. The highest BCUT2D eigenvalue weighted by atomic mass is 16.1. The number of fused-ring (bicyclic) bond motifs is 2. The van der Waals surface area contributed by atoms with E-state index in [2.05, 4.69) is 36.1 Å². The number of aromatic nitrogens is 6. The molecule has 162 valence electrons. The van der Waals surface area contributed by atoms with Crippen LogP contribution in [-0.2, 0) is 4.79 Å². The summed E-state index contributed by atoms with van der Waals surface area (Å²) >= 11 is 0. The van der Waals surface area contributed by atoms with Crippen LogP contribution in [-0.4, -0.2) is 62.7 Å². The predicted molar refractivity (Wildman–Crippen MR) is 120 cm³/mol. The summed E-state index contributed by atoms with van der Waals surface area (Å²) in [6, 6.07) is 6.06. The quantitative estimate of drug-likeness (QED) is 0.420. The van der Waals surface area contributed by atoms with E-state index in [-0.39, 0.29) is 11.5 Å². The molecule has 4 aromatic rings. The lowest BCUT2D eigenvalue weighted by Gasteiger charge is -2.41. The van der Waals surface area contributed by atoms with Crippen LogP contribution in [0, 0.1) is 5.41 Å². The molecule has 10 heteroatoms. The van der Waals surface area contributed by atoms with Crippen molar-refractivity contribution in [2.75, 3.05) is 31.8 Å². The van der Waals surface area contributed by atoms with E-state index in [1.54, 1.807) is 15.2 Å². The summed E-state index contributed by atoms with van der Waals surface area (Å²) in [6.45, 7) is 1.98. The Morgan fingerprint density at radius 2 is 1.87 bits per heavy atom. The third-order valence-corrected chi connectivity index (χ3v) is 5.32. The Hall–Kier alpha value is -3.53. The zero-order valence-corrected chi connectivity index (χ0v) is 18.1. The maximum atomic E-state index is 11.1. The number of nitrogens with zero attached hydrogens (tertiary/aromatic N) is 6. The number of carbonyl (C=O) groups excluding carboxylic acids is 1. The van der Waals surface area contributed by atoms with Crippen LogP contribution >= 0.6 is 0 Å². The second-order valence-electron chi connectivity index (χ2n) is 8.03.